The zero-order valence-electron chi connectivity index (χ0n) is 15.1. The molecule has 136 valence electrons. The van der Waals surface area contributed by atoms with E-state index >= 15 is 0 Å². The third kappa shape index (κ3) is 4.06. The van der Waals surface area contributed by atoms with Gasteiger partial charge in [-0.3, -0.25) is 4.79 Å². The first-order valence-electron chi connectivity index (χ1n) is 8.68. The van der Waals surface area contributed by atoms with Crippen LogP contribution in [0.1, 0.15) is 22.8 Å². The molecule has 4 nitrogen and oxygen atoms in total. The van der Waals surface area contributed by atoms with E-state index in [1.165, 1.54) is 0 Å². The van der Waals surface area contributed by atoms with Gasteiger partial charge in [-0.1, -0.05) is 30.3 Å². The molecule has 26 heavy (non-hydrogen) atoms. The Morgan fingerprint density at radius 3 is 2.73 bits per heavy atom. The lowest BCUT2D eigenvalue weighted by molar-refractivity contribution is 0.0678. The summed E-state index contributed by atoms with van der Waals surface area (Å²) in [6, 6.07) is 13.8. The van der Waals surface area contributed by atoms with Crippen LogP contribution in [0, 0.1) is 0 Å². The lowest BCUT2D eigenvalue weighted by Gasteiger charge is -2.24. The molecular formula is C21H23NO3S. The van der Waals surface area contributed by atoms with Gasteiger partial charge in [-0.15, -0.1) is 0 Å². The van der Waals surface area contributed by atoms with E-state index in [0.717, 1.165) is 16.3 Å². The third-order valence-corrected chi connectivity index (χ3v) is 4.94. The molecule has 0 aliphatic carbocycles. The molecule has 0 aliphatic rings. The number of amides is 1. The normalized spacial score (nSPS) is 10.8. The number of methoxy groups -OCH3 is 1. The Bertz CT molecular complexity index is 861. The smallest absolute Gasteiger partial charge is 0.258 e. The van der Waals surface area contributed by atoms with Crippen molar-refractivity contribution in [2.24, 2.45) is 0 Å². The molecule has 0 saturated heterocycles. The number of nitrogens with zero attached hydrogens (tertiary/aromatic N) is 1. The maximum Gasteiger partial charge on any atom is 0.258 e. The second-order valence-electron chi connectivity index (χ2n) is 5.94. The first-order valence-corrected chi connectivity index (χ1v) is 9.62. The van der Waals surface area contributed by atoms with Gasteiger partial charge in [0.15, 0.2) is 0 Å². The van der Waals surface area contributed by atoms with E-state index in [9.17, 15) is 4.79 Å². The van der Waals surface area contributed by atoms with Crippen molar-refractivity contribution in [2.75, 3.05) is 26.9 Å². The lowest BCUT2D eigenvalue weighted by Crippen LogP contribution is -2.33. The van der Waals surface area contributed by atoms with Gasteiger partial charge in [-0.05, 0) is 46.2 Å². The summed E-state index contributed by atoms with van der Waals surface area (Å²) < 4.78 is 11.0. The minimum Gasteiger partial charge on any atom is -0.493 e. The molecule has 0 N–H and O–H groups in total. The standard InChI is InChI=1S/C21H23NO3S/c1-3-25-19-9-8-17-6-4-5-7-18(17)20(19)21(23)22(11-12-24-2)14-16-10-13-26-15-16/h4-10,13,15H,3,11-12,14H2,1-2H3. The Balaban J connectivity index is 2.02. The van der Waals surface area contributed by atoms with Gasteiger partial charge in [0.1, 0.15) is 5.75 Å². The van der Waals surface area contributed by atoms with Crippen molar-refractivity contribution >= 4 is 28.0 Å². The van der Waals surface area contributed by atoms with Gasteiger partial charge in [0.05, 0.1) is 18.8 Å². The highest BCUT2D eigenvalue weighted by molar-refractivity contribution is 7.07. The number of hydrogen-bond acceptors (Lipinski definition) is 4. The minimum atomic E-state index is -0.0338. The first-order chi connectivity index (χ1) is 12.7. The SMILES string of the molecule is CCOc1ccc2ccccc2c1C(=O)N(CCOC)Cc1ccsc1. The Morgan fingerprint density at radius 2 is 2.00 bits per heavy atom. The Hall–Kier alpha value is -2.37. The van der Waals surface area contributed by atoms with E-state index in [-0.39, 0.29) is 5.91 Å². The molecule has 0 unspecified atom stereocenters. The van der Waals surface area contributed by atoms with Crippen LogP contribution in [0.25, 0.3) is 10.8 Å². The summed E-state index contributed by atoms with van der Waals surface area (Å²) in [6.07, 6.45) is 0. The van der Waals surface area contributed by atoms with E-state index in [4.69, 9.17) is 9.47 Å². The van der Waals surface area contributed by atoms with Gasteiger partial charge in [-0.25, -0.2) is 0 Å². The van der Waals surface area contributed by atoms with Gasteiger partial charge in [0.2, 0.25) is 0 Å². The van der Waals surface area contributed by atoms with Crippen LogP contribution in [-0.4, -0.2) is 37.7 Å². The van der Waals surface area contributed by atoms with Crippen LogP contribution >= 0.6 is 11.3 Å². The number of hydrogen-bond donors (Lipinski definition) is 0. The van der Waals surface area contributed by atoms with Gasteiger partial charge < -0.3 is 14.4 Å². The molecule has 3 aromatic rings. The molecule has 1 aromatic heterocycles. The molecule has 5 heteroatoms. The topological polar surface area (TPSA) is 38.8 Å². The fourth-order valence-electron chi connectivity index (χ4n) is 2.96. The van der Waals surface area contributed by atoms with Crippen molar-refractivity contribution in [1.82, 2.24) is 4.90 Å². The predicted octanol–water partition coefficient (Wildman–Crippen LogP) is 4.59. The molecule has 0 spiro atoms. The summed E-state index contributed by atoms with van der Waals surface area (Å²) in [5.41, 5.74) is 1.74. The Labute approximate surface area is 158 Å². The lowest BCUT2D eigenvalue weighted by atomic mass is 10.0. The molecule has 3 rings (SSSR count). The summed E-state index contributed by atoms with van der Waals surface area (Å²) in [5, 5.41) is 6.04. The van der Waals surface area contributed by atoms with Crippen LogP contribution in [0.15, 0.2) is 53.2 Å². The van der Waals surface area contributed by atoms with Gasteiger partial charge in [-0.2, -0.15) is 11.3 Å². The largest absolute Gasteiger partial charge is 0.493 e. The summed E-state index contributed by atoms with van der Waals surface area (Å²) in [4.78, 5) is 15.3. The van der Waals surface area contributed by atoms with Crippen molar-refractivity contribution in [3.8, 4) is 5.75 Å². The van der Waals surface area contributed by atoms with Crippen molar-refractivity contribution in [3.63, 3.8) is 0 Å². The highest BCUT2D eigenvalue weighted by atomic mass is 32.1. The monoisotopic (exact) mass is 369 g/mol. The molecule has 0 saturated carbocycles. The van der Waals surface area contributed by atoms with Crippen LogP contribution in [0.2, 0.25) is 0 Å². The van der Waals surface area contributed by atoms with Crippen LogP contribution in [0.4, 0.5) is 0 Å². The molecule has 0 atom stereocenters. The zero-order valence-corrected chi connectivity index (χ0v) is 15.9. The van der Waals surface area contributed by atoms with E-state index in [2.05, 4.69) is 5.38 Å². The van der Waals surface area contributed by atoms with Crippen LogP contribution < -0.4 is 4.74 Å². The van der Waals surface area contributed by atoms with E-state index < -0.39 is 0 Å². The highest BCUT2D eigenvalue weighted by Crippen LogP contribution is 2.30. The van der Waals surface area contributed by atoms with E-state index in [0.29, 0.717) is 37.6 Å². The summed E-state index contributed by atoms with van der Waals surface area (Å²) >= 11 is 1.63. The summed E-state index contributed by atoms with van der Waals surface area (Å²) in [6.45, 7) is 4.02. The molecule has 2 aromatic carbocycles. The number of carbonyl (C=O) groups excluding carboxylic acids is 1. The van der Waals surface area contributed by atoms with Crippen LogP contribution in [0.5, 0.6) is 5.75 Å². The minimum absolute atomic E-state index is 0.0338. The van der Waals surface area contributed by atoms with E-state index in [1.807, 2.05) is 59.7 Å². The molecule has 0 radical (unpaired) electrons. The molecule has 1 heterocycles. The van der Waals surface area contributed by atoms with Crippen LogP contribution in [-0.2, 0) is 11.3 Å². The van der Waals surface area contributed by atoms with Gasteiger partial charge in [0.25, 0.3) is 5.91 Å². The first kappa shape index (κ1) is 18.4. The van der Waals surface area contributed by atoms with E-state index in [1.54, 1.807) is 18.4 Å². The van der Waals surface area contributed by atoms with Crippen molar-refractivity contribution < 1.29 is 14.3 Å². The Kier molecular flexibility index (Phi) is 6.26. The number of benzene rings is 2. The zero-order chi connectivity index (χ0) is 18.4. The predicted molar refractivity (Wildman–Crippen MR) is 106 cm³/mol. The second kappa shape index (κ2) is 8.83. The van der Waals surface area contributed by atoms with Gasteiger partial charge >= 0.3 is 0 Å². The fraction of sp³-hybridized carbons (Fsp3) is 0.286. The summed E-state index contributed by atoms with van der Waals surface area (Å²) in [5.74, 6) is 0.595. The highest BCUT2D eigenvalue weighted by Gasteiger charge is 2.22. The average Bonchev–Trinajstić information content (AvgIpc) is 3.18. The van der Waals surface area contributed by atoms with Crippen molar-refractivity contribution in [1.29, 1.82) is 0 Å². The second-order valence-corrected chi connectivity index (χ2v) is 6.72. The number of rotatable bonds is 8. The molecule has 0 aliphatic heterocycles. The molecule has 0 bridgehead atoms. The maximum absolute atomic E-state index is 13.5. The Morgan fingerprint density at radius 1 is 1.15 bits per heavy atom. The quantitative estimate of drug-likeness (QED) is 0.583. The molecule has 1 amide bonds. The molecular weight excluding hydrogens is 346 g/mol. The number of fused-ring (bicyclic) bond motifs is 1. The van der Waals surface area contributed by atoms with Crippen molar-refractivity contribution in [3.05, 3.63) is 64.4 Å². The van der Waals surface area contributed by atoms with Crippen LogP contribution in [0.3, 0.4) is 0 Å². The number of carbonyl (C=O) groups is 1. The number of ether oxygens (including phenoxy) is 2. The van der Waals surface area contributed by atoms with Crippen molar-refractivity contribution in [2.45, 2.75) is 13.5 Å². The molecule has 0 fully saturated rings. The maximum atomic E-state index is 13.5. The number of thiophene rings is 1. The fourth-order valence-corrected chi connectivity index (χ4v) is 3.62. The summed E-state index contributed by atoms with van der Waals surface area (Å²) in [7, 11) is 1.65. The third-order valence-electron chi connectivity index (χ3n) is 4.21. The average molecular weight is 369 g/mol. The van der Waals surface area contributed by atoms with Gasteiger partial charge in [0, 0.05) is 20.2 Å².